The Hall–Kier alpha value is -1.74. The summed E-state index contributed by atoms with van der Waals surface area (Å²) in [6, 6.07) is 6.66. The van der Waals surface area contributed by atoms with Crippen LogP contribution in [0.3, 0.4) is 0 Å². The van der Waals surface area contributed by atoms with Gasteiger partial charge in [-0.2, -0.15) is 0 Å². The quantitative estimate of drug-likeness (QED) is 0.548. The van der Waals surface area contributed by atoms with E-state index in [1.807, 2.05) is 0 Å². The Balaban J connectivity index is 1.35. The second-order valence-electron chi connectivity index (χ2n) is 6.89. The predicted molar refractivity (Wildman–Crippen MR) is 97.5 cm³/mol. The van der Waals surface area contributed by atoms with E-state index in [4.69, 9.17) is 9.47 Å². The fourth-order valence-electron chi connectivity index (χ4n) is 3.44. The molecule has 1 aromatic rings. The molecule has 2 heterocycles. The van der Waals surface area contributed by atoms with Gasteiger partial charge in [0.25, 0.3) is 5.69 Å². The van der Waals surface area contributed by atoms with Gasteiger partial charge in [-0.3, -0.25) is 15.0 Å². The molecule has 8 nitrogen and oxygen atoms in total. The maximum absolute atomic E-state index is 10.7. The number of ether oxygens (including phenoxy) is 2. The molecule has 0 bridgehead atoms. The zero-order valence-electron chi connectivity index (χ0n) is 15.0. The number of non-ortho nitro benzene ring substituents is 1. The lowest BCUT2D eigenvalue weighted by molar-refractivity contribution is -0.384. The maximum Gasteiger partial charge on any atom is 0.269 e. The van der Waals surface area contributed by atoms with E-state index < -0.39 is 6.10 Å². The Morgan fingerprint density at radius 3 is 2.62 bits per heavy atom. The van der Waals surface area contributed by atoms with Crippen LogP contribution in [-0.4, -0.2) is 79.7 Å². The summed E-state index contributed by atoms with van der Waals surface area (Å²) in [6.45, 7) is 5.67. The van der Waals surface area contributed by atoms with Crippen molar-refractivity contribution in [2.75, 3.05) is 57.4 Å². The molecule has 2 saturated heterocycles. The van der Waals surface area contributed by atoms with E-state index in [1.165, 1.54) is 12.1 Å². The van der Waals surface area contributed by atoms with E-state index in [0.717, 1.165) is 51.3 Å². The molecule has 8 heteroatoms. The molecule has 0 spiro atoms. The molecule has 3 rings (SSSR count). The number of hydrogen-bond donors (Lipinski definition) is 1. The number of anilines is 1. The van der Waals surface area contributed by atoms with Gasteiger partial charge in [0.2, 0.25) is 0 Å². The summed E-state index contributed by atoms with van der Waals surface area (Å²) in [5.74, 6) is 0. The number of aliphatic hydroxyl groups excluding tert-OH is 1. The largest absolute Gasteiger partial charge is 0.389 e. The molecular weight excluding hydrogens is 338 g/mol. The number of nitro benzene ring substituents is 1. The third-order valence-corrected chi connectivity index (χ3v) is 4.90. The van der Waals surface area contributed by atoms with Crippen LogP contribution in [0.2, 0.25) is 0 Å². The summed E-state index contributed by atoms with van der Waals surface area (Å²) in [7, 11) is 0. The second-order valence-corrected chi connectivity index (χ2v) is 6.89. The molecule has 0 unspecified atom stereocenters. The van der Waals surface area contributed by atoms with E-state index in [1.54, 1.807) is 12.1 Å². The van der Waals surface area contributed by atoms with Gasteiger partial charge in [-0.1, -0.05) is 0 Å². The number of rotatable bonds is 8. The summed E-state index contributed by atoms with van der Waals surface area (Å²) >= 11 is 0. The number of piperazine rings is 1. The van der Waals surface area contributed by atoms with Crippen molar-refractivity contribution in [1.29, 1.82) is 0 Å². The van der Waals surface area contributed by atoms with Gasteiger partial charge in [0, 0.05) is 57.2 Å². The van der Waals surface area contributed by atoms with Crippen molar-refractivity contribution in [3.05, 3.63) is 34.4 Å². The van der Waals surface area contributed by atoms with Gasteiger partial charge in [-0.15, -0.1) is 0 Å². The number of nitrogens with zero attached hydrogens (tertiary/aromatic N) is 3. The number of β-amino-alcohol motifs (C(OH)–C–C–N with tert-alkyl or cyclic N) is 1. The van der Waals surface area contributed by atoms with Crippen molar-refractivity contribution >= 4 is 11.4 Å². The maximum atomic E-state index is 10.7. The minimum Gasteiger partial charge on any atom is -0.389 e. The highest BCUT2D eigenvalue weighted by atomic mass is 16.6. The smallest absolute Gasteiger partial charge is 0.269 e. The molecule has 1 N–H and O–H groups in total. The lowest BCUT2D eigenvalue weighted by Gasteiger charge is -2.36. The summed E-state index contributed by atoms with van der Waals surface area (Å²) in [5, 5.41) is 20.9. The summed E-state index contributed by atoms with van der Waals surface area (Å²) in [4.78, 5) is 14.8. The highest BCUT2D eigenvalue weighted by Crippen LogP contribution is 2.20. The Morgan fingerprint density at radius 2 is 2.00 bits per heavy atom. The third-order valence-electron chi connectivity index (χ3n) is 4.90. The van der Waals surface area contributed by atoms with Crippen LogP contribution < -0.4 is 4.90 Å². The third kappa shape index (κ3) is 5.38. The van der Waals surface area contributed by atoms with Crippen LogP contribution in [0.5, 0.6) is 0 Å². The van der Waals surface area contributed by atoms with Crippen LogP contribution in [0.4, 0.5) is 11.4 Å². The molecule has 2 fully saturated rings. The first-order chi connectivity index (χ1) is 12.6. The van der Waals surface area contributed by atoms with Gasteiger partial charge < -0.3 is 19.5 Å². The van der Waals surface area contributed by atoms with E-state index in [0.29, 0.717) is 19.8 Å². The lowest BCUT2D eigenvalue weighted by Crippen LogP contribution is -2.49. The summed E-state index contributed by atoms with van der Waals surface area (Å²) < 4.78 is 11.1. The summed E-state index contributed by atoms with van der Waals surface area (Å²) in [6.07, 6.45) is 1.82. The number of aliphatic hydroxyl groups is 1. The molecule has 2 atom stereocenters. The SMILES string of the molecule is O=[N+]([O-])c1ccc(N2CCN(C[C@@H](O)COC[C@@H]3CCCO3)CC2)cc1. The molecule has 0 aliphatic carbocycles. The highest BCUT2D eigenvalue weighted by molar-refractivity contribution is 5.51. The van der Waals surface area contributed by atoms with Crippen molar-refractivity contribution in [3.8, 4) is 0 Å². The van der Waals surface area contributed by atoms with Gasteiger partial charge in [0.05, 0.1) is 30.3 Å². The van der Waals surface area contributed by atoms with Crippen LogP contribution in [0, 0.1) is 10.1 Å². The van der Waals surface area contributed by atoms with Crippen molar-refractivity contribution in [1.82, 2.24) is 4.90 Å². The van der Waals surface area contributed by atoms with Crippen LogP contribution in [0.1, 0.15) is 12.8 Å². The van der Waals surface area contributed by atoms with Crippen molar-refractivity contribution in [2.45, 2.75) is 25.0 Å². The molecular formula is C18H27N3O5. The Labute approximate surface area is 153 Å². The molecule has 1 aromatic carbocycles. The van der Waals surface area contributed by atoms with E-state index in [-0.39, 0.29) is 16.7 Å². The lowest BCUT2D eigenvalue weighted by atomic mass is 10.2. The molecule has 144 valence electrons. The van der Waals surface area contributed by atoms with Gasteiger partial charge in [-0.25, -0.2) is 0 Å². The Morgan fingerprint density at radius 1 is 1.27 bits per heavy atom. The van der Waals surface area contributed by atoms with Gasteiger partial charge >= 0.3 is 0 Å². The Kier molecular flexibility index (Phi) is 6.79. The monoisotopic (exact) mass is 365 g/mol. The minimum absolute atomic E-state index is 0.110. The zero-order valence-corrected chi connectivity index (χ0v) is 15.0. The number of benzene rings is 1. The topological polar surface area (TPSA) is 88.3 Å². The fraction of sp³-hybridized carbons (Fsp3) is 0.667. The average Bonchev–Trinajstić information content (AvgIpc) is 3.16. The zero-order chi connectivity index (χ0) is 18.4. The van der Waals surface area contributed by atoms with Crippen LogP contribution in [-0.2, 0) is 9.47 Å². The first kappa shape index (κ1) is 19.0. The minimum atomic E-state index is -0.498. The molecule has 0 aromatic heterocycles. The van der Waals surface area contributed by atoms with Crippen LogP contribution >= 0.6 is 0 Å². The van der Waals surface area contributed by atoms with Crippen LogP contribution in [0.25, 0.3) is 0 Å². The normalized spacial score (nSPS) is 22.5. The van der Waals surface area contributed by atoms with Gasteiger partial charge in [0.1, 0.15) is 0 Å². The molecule has 0 saturated carbocycles. The van der Waals surface area contributed by atoms with Gasteiger partial charge in [0.15, 0.2) is 0 Å². The molecule has 26 heavy (non-hydrogen) atoms. The van der Waals surface area contributed by atoms with Crippen LogP contribution in [0.15, 0.2) is 24.3 Å². The molecule has 2 aliphatic rings. The van der Waals surface area contributed by atoms with E-state index in [2.05, 4.69) is 9.80 Å². The highest BCUT2D eigenvalue weighted by Gasteiger charge is 2.21. The average molecular weight is 365 g/mol. The van der Waals surface area contributed by atoms with Crippen molar-refractivity contribution in [2.24, 2.45) is 0 Å². The first-order valence-corrected chi connectivity index (χ1v) is 9.21. The van der Waals surface area contributed by atoms with Crippen molar-refractivity contribution < 1.29 is 19.5 Å². The van der Waals surface area contributed by atoms with E-state index >= 15 is 0 Å². The van der Waals surface area contributed by atoms with E-state index in [9.17, 15) is 15.2 Å². The number of nitro groups is 1. The molecule has 0 radical (unpaired) electrons. The summed E-state index contributed by atoms with van der Waals surface area (Å²) in [5.41, 5.74) is 1.11. The Bertz CT molecular complexity index is 569. The van der Waals surface area contributed by atoms with Crippen molar-refractivity contribution in [3.63, 3.8) is 0 Å². The first-order valence-electron chi connectivity index (χ1n) is 9.21. The number of hydrogen-bond acceptors (Lipinski definition) is 7. The second kappa shape index (κ2) is 9.27. The molecule has 0 amide bonds. The molecule has 2 aliphatic heterocycles. The standard InChI is InChI=1S/C18H27N3O5/c22-17(13-25-14-18-2-1-11-26-18)12-19-7-9-20(10-8-19)15-3-5-16(6-4-15)21(23)24/h3-6,17-18,22H,1-2,7-14H2/t17-,18+/m1/s1. The fourth-order valence-corrected chi connectivity index (χ4v) is 3.44. The predicted octanol–water partition coefficient (Wildman–Crippen LogP) is 1.27. The van der Waals surface area contributed by atoms with Gasteiger partial charge in [-0.05, 0) is 25.0 Å².